The molecule has 0 radical (unpaired) electrons. The fraction of sp³-hybridized carbons (Fsp3) is 0.778. The summed E-state index contributed by atoms with van der Waals surface area (Å²) in [5.74, 6) is -3.77. The van der Waals surface area contributed by atoms with Gasteiger partial charge in [-0.1, -0.05) is 20.8 Å². The first-order valence-corrected chi connectivity index (χ1v) is 4.19. The minimum Gasteiger partial charge on any atom is -0.481 e. The number of carbonyl (C=O) groups is 2. The van der Waals surface area contributed by atoms with Gasteiger partial charge >= 0.3 is 35.0 Å². The number of hydrogen-bond donors (Lipinski definition) is 2. The quantitative estimate of drug-likeness (QED) is 0.533. The molecule has 0 aromatic heterocycles. The maximum atomic E-state index is 10.5. The van der Waals surface area contributed by atoms with Crippen LogP contribution < -0.4 is 0 Å². The zero-order valence-corrected chi connectivity index (χ0v) is 8.20. The average Bonchev–Trinajstić information content (AvgIpc) is 1.82. The van der Waals surface area contributed by atoms with Crippen molar-refractivity contribution in [3.05, 3.63) is 0 Å². The molecule has 5 heteroatoms. The second-order valence-electron chi connectivity index (χ2n) is 4.33. The lowest BCUT2D eigenvalue weighted by Crippen LogP contribution is -2.24. The van der Waals surface area contributed by atoms with E-state index >= 15 is 0 Å². The van der Waals surface area contributed by atoms with Crippen molar-refractivity contribution in [1.82, 2.24) is 0 Å². The van der Waals surface area contributed by atoms with E-state index in [1.165, 1.54) is 0 Å². The highest BCUT2D eigenvalue weighted by Gasteiger charge is 2.27. The predicted molar refractivity (Wildman–Crippen MR) is 56.0 cm³/mol. The largest absolute Gasteiger partial charge is 0.481 e. The highest BCUT2D eigenvalue weighted by atomic mass is 24.3. The molecule has 2 N–H and O–H groups in total. The lowest BCUT2D eigenvalue weighted by atomic mass is 9.87. The second kappa shape index (κ2) is 6.24. The Hall–Kier alpha value is -0.294. The van der Waals surface area contributed by atoms with Crippen LogP contribution in [-0.2, 0) is 9.59 Å². The predicted octanol–water partition coefficient (Wildman–Crippen LogP) is 0.682. The molecule has 14 heavy (non-hydrogen) atoms. The first-order chi connectivity index (χ1) is 5.74. The molecule has 0 aromatic carbocycles. The molecule has 0 saturated carbocycles. The molecule has 0 aliphatic heterocycles. The van der Waals surface area contributed by atoms with Crippen molar-refractivity contribution in [3.63, 3.8) is 0 Å². The summed E-state index contributed by atoms with van der Waals surface area (Å²) in [5.41, 5.74) is -0.0247. The molecule has 0 atom stereocenters. The monoisotopic (exact) mass is 214 g/mol. The maximum Gasteiger partial charge on any atom is 0.317 e. The van der Waals surface area contributed by atoms with Crippen LogP contribution in [0.5, 0.6) is 0 Å². The molecule has 0 aliphatic rings. The van der Waals surface area contributed by atoms with Crippen LogP contribution in [0.25, 0.3) is 0 Å². The van der Waals surface area contributed by atoms with Gasteiger partial charge in [0.15, 0.2) is 5.92 Å². The van der Waals surface area contributed by atoms with E-state index in [4.69, 9.17) is 10.2 Å². The molecule has 0 amide bonds. The molecule has 0 rings (SSSR count). The van der Waals surface area contributed by atoms with Crippen LogP contribution in [0, 0.1) is 11.3 Å². The van der Waals surface area contributed by atoms with Gasteiger partial charge in [-0.15, -0.1) is 0 Å². The zero-order valence-electron chi connectivity index (χ0n) is 8.20. The van der Waals surface area contributed by atoms with Gasteiger partial charge in [0, 0.05) is 0 Å². The van der Waals surface area contributed by atoms with Gasteiger partial charge in [0.2, 0.25) is 0 Å². The summed E-state index contributed by atoms with van der Waals surface area (Å²) < 4.78 is 0. The number of carboxylic acids is 2. The molecule has 0 aromatic rings. The summed E-state index contributed by atoms with van der Waals surface area (Å²) in [7, 11) is 0. The van der Waals surface area contributed by atoms with Gasteiger partial charge in [0.25, 0.3) is 0 Å². The molecule has 0 aliphatic carbocycles. The molecule has 0 spiro atoms. The third-order valence-electron chi connectivity index (χ3n) is 1.78. The number of rotatable bonds is 4. The van der Waals surface area contributed by atoms with Crippen molar-refractivity contribution >= 4 is 35.0 Å². The van der Waals surface area contributed by atoms with Gasteiger partial charge in [0.1, 0.15) is 0 Å². The average molecular weight is 215 g/mol. The van der Waals surface area contributed by atoms with Crippen LogP contribution in [0.2, 0.25) is 0 Å². The smallest absolute Gasteiger partial charge is 0.317 e. The highest BCUT2D eigenvalue weighted by molar-refractivity contribution is 5.92. The van der Waals surface area contributed by atoms with Gasteiger partial charge < -0.3 is 10.2 Å². The topological polar surface area (TPSA) is 74.6 Å². The van der Waals surface area contributed by atoms with Gasteiger partial charge in [-0.05, 0) is 18.3 Å². The standard InChI is InChI=1S/C9H16O4.Mg.2H/c1-9(2,3)5-4-6(7(10)11)8(12)13;;;/h6H,4-5H2,1-3H3,(H,10,11)(H,12,13);;;. The Morgan fingerprint density at radius 1 is 1.14 bits per heavy atom. The van der Waals surface area contributed by atoms with E-state index < -0.39 is 17.9 Å². The first kappa shape index (κ1) is 16.1. The summed E-state index contributed by atoms with van der Waals surface area (Å²) in [5, 5.41) is 17.1. The van der Waals surface area contributed by atoms with E-state index in [-0.39, 0.29) is 34.9 Å². The lowest BCUT2D eigenvalue weighted by molar-refractivity contribution is -0.155. The van der Waals surface area contributed by atoms with Crippen LogP contribution in [0.4, 0.5) is 0 Å². The minimum atomic E-state index is -1.26. The van der Waals surface area contributed by atoms with E-state index in [0.29, 0.717) is 6.42 Å². The van der Waals surface area contributed by atoms with Crippen LogP contribution in [-0.4, -0.2) is 45.2 Å². The van der Waals surface area contributed by atoms with E-state index in [1.54, 1.807) is 0 Å². The Morgan fingerprint density at radius 2 is 1.50 bits per heavy atom. The van der Waals surface area contributed by atoms with E-state index in [1.807, 2.05) is 20.8 Å². The van der Waals surface area contributed by atoms with Crippen LogP contribution in [0.3, 0.4) is 0 Å². The zero-order chi connectivity index (χ0) is 10.6. The Kier molecular flexibility index (Phi) is 7.20. The molecular weight excluding hydrogens is 196 g/mol. The molecule has 0 fully saturated rings. The third-order valence-corrected chi connectivity index (χ3v) is 1.78. The van der Waals surface area contributed by atoms with Gasteiger partial charge in [0.05, 0.1) is 0 Å². The number of aliphatic carboxylic acids is 2. The Balaban J connectivity index is 0. The van der Waals surface area contributed by atoms with Crippen LogP contribution >= 0.6 is 0 Å². The van der Waals surface area contributed by atoms with Crippen molar-refractivity contribution in [1.29, 1.82) is 0 Å². The SMILES string of the molecule is CC(C)(C)CCC(C(=O)O)C(=O)O.[MgH2]. The summed E-state index contributed by atoms with van der Waals surface area (Å²) in [6, 6.07) is 0. The normalized spacial score (nSPS) is 10.9. The minimum absolute atomic E-state index is 0. The van der Waals surface area contributed by atoms with E-state index in [0.717, 1.165) is 0 Å². The molecule has 0 saturated heterocycles. The number of carboxylic acid groups (broad SMARTS) is 2. The summed E-state index contributed by atoms with van der Waals surface area (Å²) >= 11 is 0. The Morgan fingerprint density at radius 3 is 1.71 bits per heavy atom. The van der Waals surface area contributed by atoms with Gasteiger partial charge in [-0.3, -0.25) is 9.59 Å². The third kappa shape index (κ3) is 7.14. The second-order valence-corrected chi connectivity index (χ2v) is 4.33. The molecule has 0 bridgehead atoms. The summed E-state index contributed by atoms with van der Waals surface area (Å²) in [6.45, 7) is 5.86. The Labute approximate surface area is 99.8 Å². The van der Waals surface area contributed by atoms with Crippen molar-refractivity contribution in [2.24, 2.45) is 11.3 Å². The van der Waals surface area contributed by atoms with E-state index in [9.17, 15) is 9.59 Å². The van der Waals surface area contributed by atoms with Crippen LogP contribution in [0.1, 0.15) is 33.6 Å². The summed E-state index contributed by atoms with van der Waals surface area (Å²) in [6.07, 6.45) is 0.782. The van der Waals surface area contributed by atoms with E-state index in [2.05, 4.69) is 0 Å². The van der Waals surface area contributed by atoms with Crippen molar-refractivity contribution < 1.29 is 19.8 Å². The molecule has 0 unspecified atom stereocenters. The molecule has 80 valence electrons. The van der Waals surface area contributed by atoms with Crippen molar-refractivity contribution in [2.75, 3.05) is 0 Å². The number of hydrogen-bond acceptors (Lipinski definition) is 2. The van der Waals surface area contributed by atoms with Gasteiger partial charge in [-0.2, -0.15) is 0 Å². The summed E-state index contributed by atoms with van der Waals surface area (Å²) in [4.78, 5) is 21.0. The lowest BCUT2D eigenvalue weighted by Gasteiger charge is -2.18. The molecule has 4 nitrogen and oxygen atoms in total. The first-order valence-electron chi connectivity index (χ1n) is 4.19. The van der Waals surface area contributed by atoms with Crippen LogP contribution in [0.15, 0.2) is 0 Å². The van der Waals surface area contributed by atoms with Crippen molar-refractivity contribution in [3.8, 4) is 0 Å². The fourth-order valence-electron chi connectivity index (χ4n) is 0.930. The fourth-order valence-corrected chi connectivity index (χ4v) is 0.930. The molecule has 0 heterocycles. The highest BCUT2D eigenvalue weighted by Crippen LogP contribution is 2.23. The van der Waals surface area contributed by atoms with Crippen molar-refractivity contribution in [2.45, 2.75) is 33.6 Å². The van der Waals surface area contributed by atoms with Gasteiger partial charge in [-0.25, -0.2) is 0 Å². The molecular formula is C9H18MgO4. The Bertz CT molecular complexity index is 193. The maximum absolute atomic E-state index is 10.5.